The van der Waals surface area contributed by atoms with Gasteiger partial charge >= 0.3 is 0 Å². The summed E-state index contributed by atoms with van der Waals surface area (Å²) in [6.07, 6.45) is 3.08. The van der Waals surface area contributed by atoms with Crippen molar-refractivity contribution in [3.63, 3.8) is 0 Å². The minimum atomic E-state index is 0.503. The summed E-state index contributed by atoms with van der Waals surface area (Å²) in [7, 11) is 1.96. The van der Waals surface area contributed by atoms with Crippen molar-refractivity contribution in [2.75, 3.05) is 0 Å². The SMILES string of the molecule is CCc1nn(C)c(CNC2Cc3ccccc3C2)c1Cl. The summed E-state index contributed by atoms with van der Waals surface area (Å²) in [6.45, 7) is 2.86. The van der Waals surface area contributed by atoms with Crippen LogP contribution in [0.3, 0.4) is 0 Å². The van der Waals surface area contributed by atoms with Crippen LogP contribution in [-0.2, 0) is 32.9 Å². The molecule has 0 unspecified atom stereocenters. The summed E-state index contributed by atoms with van der Waals surface area (Å²) < 4.78 is 1.90. The lowest BCUT2D eigenvalue weighted by atomic mass is 10.1. The fourth-order valence-corrected chi connectivity index (χ4v) is 3.32. The lowest BCUT2D eigenvalue weighted by Gasteiger charge is -2.12. The van der Waals surface area contributed by atoms with Gasteiger partial charge in [0.25, 0.3) is 0 Å². The fraction of sp³-hybridized carbons (Fsp3) is 0.438. The van der Waals surface area contributed by atoms with E-state index in [0.717, 1.165) is 42.2 Å². The highest BCUT2D eigenvalue weighted by Crippen LogP contribution is 2.24. The molecule has 1 aliphatic rings. The first-order chi connectivity index (χ1) is 9.69. The van der Waals surface area contributed by atoms with Gasteiger partial charge in [-0.25, -0.2) is 0 Å². The predicted octanol–water partition coefficient (Wildman–Crippen LogP) is 2.89. The van der Waals surface area contributed by atoms with Gasteiger partial charge in [0.15, 0.2) is 0 Å². The third kappa shape index (κ3) is 2.48. The van der Waals surface area contributed by atoms with Gasteiger partial charge in [-0.05, 0) is 30.4 Å². The fourth-order valence-electron chi connectivity index (χ4n) is 2.96. The van der Waals surface area contributed by atoms with Crippen LogP contribution in [0.2, 0.25) is 5.02 Å². The quantitative estimate of drug-likeness (QED) is 0.938. The second-order valence-corrected chi connectivity index (χ2v) is 5.82. The largest absolute Gasteiger partial charge is 0.308 e. The molecule has 0 atom stereocenters. The van der Waals surface area contributed by atoms with Crippen molar-refractivity contribution in [2.24, 2.45) is 7.05 Å². The van der Waals surface area contributed by atoms with Gasteiger partial charge in [0, 0.05) is 19.6 Å². The van der Waals surface area contributed by atoms with Crippen LogP contribution in [0.5, 0.6) is 0 Å². The van der Waals surface area contributed by atoms with Gasteiger partial charge in [-0.2, -0.15) is 5.10 Å². The monoisotopic (exact) mass is 289 g/mol. The molecule has 0 amide bonds. The average Bonchev–Trinajstić information content (AvgIpc) is 2.98. The molecule has 3 rings (SSSR count). The summed E-state index contributed by atoms with van der Waals surface area (Å²) in [6, 6.07) is 9.19. The Morgan fingerprint density at radius 2 is 1.95 bits per heavy atom. The summed E-state index contributed by atoms with van der Waals surface area (Å²) in [5.41, 5.74) is 5.01. The molecule has 3 nitrogen and oxygen atoms in total. The highest BCUT2D eigenvalue weighted by molar-refractivity contribution is 6.31. The number of nitrogens with zero attached hydrogens (tertiary/aromatic N) is 2. The van der Waals surface area contributed by atoms with Crippen molar-refractivity contribution in [3.8, 4) is 0 Å². The van der Waals surface area contributed by atoms with Crippen LogP contribution in [0.4, 0.5) is 0 Å². The van der Waals surface area contributed by atoms with E-state index in [1.165, 1.54) is 11.1 Å². The highest BCUT2D eigenvalue weighted by atomic mass is 35.5. The first kappa shape index (κ1) is 13.7. The molecule has 4 heteroatoms. The zero-order valence-corrected chi connectivity index (χ0v) is 12.7. The van der Waals surface area contributed by atoms with E-state index in [1.807, 2.05) is 11.7 Å². The Bertz CT molecular complexity index is 593. The molecule has 0 bridgehead atoms. The molecule has 1 N–H and O–H groups in total. The highest BCUT2D eigenvalue weighted by Gasteiger charge is 2.21. The van der Waals surface area contributed by atoms with Crippen LogP contribution >= 0.6 is 11.6 Å². The van der Waals surface area contributed by atoms with Crippen molar-refractivity contribution in [2.45, 2.75) is 38.8 Å². The van der Waals surface area contributed by atoms with Crippen LogP contribution in [0.25, 0.3) is 0 Å². The summed E-state index contributed by atoms with van der Waals surface area (Å²) in [4.78, 5) is 0. The van der Waals surface area contributed by atoms with Gasteiger partial charge < -0.3 is 5.32 Å². The number of halogens is 1. The average molecular weight is 290 g/mol. The first-order valence-electron chi connectivity index (χ1n) is 7.19. The van der Waals surface area contributed by atoms with Gasteiger partial charge in [-0.3, -0.25) is 4.68 Å². The maximum atomic E-state index is 6.38. The van der Waals surface area contributed by atoms with Gasteiger partial charge in [0.05, 0.1) is 16.4 Å². The predicted molar refractivity (Wildman–Crippen MR) is 82.1 cm³/mol. The number of benzene rings is 1. The van der Waals surface area contributed by atoms with Crippen molar-refractivity contribution in [1.29, 1.82) is 0 Å². The Morgan fingerprint density at radius 1 is 1.30 bits per heavy atom. The van der Waals surface area contributed by atoms with Gasteiger partial charge in [0.2, 0.25) is 0 Å². The minimum Gasteiger partial charge on any atom is -0.308 e. The summed E-state index contributed by atoms with van der Waals surface area (Å²) in [5.74, 6) is 0. The lowest BCUT2D eigenvalue weighted by molar-refractivity contribution is 0.515. The van der Waals surface area contributed by atoms with E-state index in [4.69, 9.17) is 11.6 Å². The maximum Gasteiger partial charge on any atom is 0.0863 e. The lowest BCUT2D eigenvalue weighted by Crippen LogP contribution is -2.29. The van der Waals surface area contributed by atoms with E-state index in [-0.39, 0.29) is 0 Å². The van der Waals surface area contributed by atoms with E-state index in [1.54, 1.807) is 0 Å². The smallest absolute Gasteiger partial charge is 0.0863 e. The van der Waals surface area contributed by atoms with Crippen LogP contribution < -0.4 is 5.32 Å². The second kappa shape index (κ2) is 5.58. The molecule has 106 valence electrons. The molecule has 0 fully saturated rings. The summed E-state index contributed by atoms with van der Waals surface area (Å²) >= 11 is 6.38. The zero-order chi connectivity index (χ0) is 14.1. The molecule has 20 heavy (non-hydrogen) atoms. The van der Waals surface area contributed by atoms with Crippen molar-refractivity contribution in [1.82, 2.24) is 15.1 Å². The molecule has 0 aliphatic heterocycles. The number of hydrogen-bond acceptors (Lipinski definition) is 2. The Labute approximate surface area is 124 Å². The van der Waals surface area contributed by atoms with Crippen LogP contribution in [0, 0.1) is 0 Å². The normalized spacial score (nSPS) is 14.8. The minimum absolute atomic E-state index is 0.503. The van der Waals surface area contributed by atoms with Crippen molar-refractivity contribution in [3.05, 3.63) is 51.8 Å². The molecule has 1 aromatic heterocycles. The molecule has 1 heterocycles. The van der Waals surface area contributed by atoms with Crippen molar-refractivity contribution < 1.29 is 0 Å². The van der Waals surface area contributed by atoms with E-state index in [0.29, 0.717) is 6.04 Å². The molecule has 2 aromatic rings. The van der Waals surface area contributed by atoms with Gasteiger partial charge in [-0.15, -0.1) is 0 Å². The third-order valence-electron chi connectivity index (χ3n) is 4.11. The molecule has 0 saturated heterocycles. The Hall–Kier alpha value is -1.32. The van der Waals surface area contributed by atoms with Gasteiger partial charge in [0.1, 0.15) is 0 Å². The topological polar surface area (TPSA) is 29.9 Å². The number of nitrogens with one attached hydrogen (secondary N) is 1. The number of rotatable bonds is 4. The molecule has 0 spiro atoms. The van der Waals surface area contributed by atoms with E-state index < -0.39 is 0 Å². The van der Waals surface area contributed by atoms with Crippen LogP contribution in [0.15, 0.2) is 24.3 Å². The first-order valence-corrected chi connectivity index (χ1v) is 7.57. The molecular formula is C16H20ClN3. The Kier molecular flexibility index (Phi) is 3.81. The number of aromatic nitrogens is 2. The molecule has 1 aliphatic carbocycles. The number of hydrogen-bond donors (Lipinski definition) is 1. The third-order valence-corrected chi connectivity index (χ3v) is 4.55. The van der Waals surface area contributed by atoms with Crippen LogP contribution in [0.1, 0.15) is 29.4 Å². The Morgan fingerprint density at radius 3 is 2.50 bits per heavy atom. The van der Waals surface area contributed by atoms with Crippen molar-refractivity contribution >= 4 is 11.6 Å². The number of aryl methyl sites for hydroxylation is 2. The second-order valence-electron chi connectivity index (χ2n) is 5.44. The molecule has 0 saturated carbocycles. The van der Waals surface area contributed by atoms with E-state index in [2.05, 4.69) is 41.6 Å². The van der Waals surface area contributed by atoms with Gasteiger partial charge in [-0.1, -0.05) is 42.8 Å². The molecular weight excluding hydrogens is 270 g/mol. The van der Waals surface area contributed by atoms with E-state index >= 15 is 0 Å². The summed E-state index contributed by atoms with van der Waals surface area (Å²) in [5, 5.41) is 8.89. The zero-order valence-electron chi connectivity index (χ0n) is 12.0. The Balaban J connectivity index is 1.66. The van der Waals surface area contributed by atoms with E-state index in [9.17, 15) is 0 Å². The molecule has 1 aromatic carbocycles. The molecule has 0 radical (unpaired) electrons. The standard InChI is InChI=1S/C16H20ClN3/c1-3-14-16(17)15(20(2)19-14)10-18-13-8-11-6-4-5-7-12(11)9-13/h4-7,13,18H,3,8-10H2,1-2H3. The number of fused-ring (bicyclic) bond motifs is 1. The van der Waals surface area contributed by atoms with Crippen LogP contribution in [-0.4, -0.2) is 15.8 Å². The maximum absolute atomic E-state index is 6.38.